The fraction of sp³-hybridized carbons (Fsp3) is 0.400. The van der Waals surface area contributed by atoms with Gasteiger partial charge in [0, 0.05) is 19.2 Å². The highest BCUT2D eigenvalue weighted by Crippen LogP contribution is 2.27. The van der Waals surface area contributed by atoms with Crippen molar-refractivity contribution >= 4 is 17.7 Å². The molecule has 0 bridgehead atoms. The van der Waals surface area contributed by atoms with Crippen molar-refractivity contribution in [3.05, 3.63) is 35.4 Å². The van der Waals surface area contributed by atoms with E-state index in [1.54, 1.807) is 11.9 Å². The molecule has 20 heavy (non-hydrogen) atoms. The topological polar surface area (TPSA) is 40.5 Å². The van der Waals surface area contributed by atoms with Crippen LogP contribution in [0.3, 0.4) is 0 Å². The van der Waals surface area contributed by atoms with Gasteiger partial charge in [0.1, 0.15) is 17.3 Å². The average Bonchev–Trinajstić information content (AvgIpc) is 2.34. The summed E-state index contributed by atoms with van der Waals surface area (Å²) in [6, 6.07) is 2.22. The van der Waals surface area contributed by atoms with Gasteiger partial charge in [-0.2, -0.15) is 0 Å². The van der Waals surface area contributed by atoms with E-state index in [4.69, 9.17) is 5.11 Å². The number of benzene rings is 1. The number of hydrogen-bond acceptors (Lipinski definition) is 2. The molecule has 0 fully saturated rings. The van der Waals surface area contributed by atoms with Gasteiger partial charge in [0.05, 0.1) is 0 Å². The second-order valence-electron chi connectivity index (χ2n) is 5.10. The molecule has 110 valence electrons. The summed E-state index contributed by atoms with van der Waals surface area (Å²) in [5.41, 5.74) is 0.0791. The minimum Gasteiger partial charge on any atom is -0.478 e. The van der Waals surface area contributed by atoms with Crippen molar-refractivity contribution in [3.8, 4) is 0 Å². The maximum absolute atomic E-state index is 14.0. The van der Waals surface area contributed by atoms with Gasteiger partial charge in [-0.15, -0.1) is 0 Å². The Morgan fingerprint density at radius 2 is 1.75 bits per heavy atom. The number of carboxylic acid groups (broad SMARTS) is 1. The predicted molar refractivity (Wildman–Crippen MR) is 75.7 cm³/mol. The van der Waals surface area contributed by atoms with E-state index in [9.17, 15) is 13.6 Å². The third-order valence-corrected chi connectivity index (χ3v) is 3.39. The lowest BCUT2D eigenvalue weighted by Crippen LogP contribution is -2.34. The lowest BCUT2D eigenvalue weighted by Gasteiger charge is -2.30. The van der Waals surface area contributed by atoms with Crippen molar-refractivity contribution in [1.82, 2.24) is 0 Å². The van der Waals surface area contributed by atoms with Crippen LogP contribution in [0.2, 0.25) is 0 Å². The first-order valence-corrected chi connectivity index (χ1v) is 6.37. The molecule has 0 spiro atoms. The van der Waals surface area contributed by atoms with Crippen molar-refractivity contribution in [2.24, 2.45) is 5.92 Å². The monoisotopic (exact) mass is 283 g/mol. The zero-order valence-corrected chi connectivity index (χ0v) is 12.0. The van der Waals surface area contributed by atoms with Crippen molar-refractivity contribution < 1.29 is 18.7 Å². The van der Waals surface area contributed by atoms with Crippen LogP contribution in [-0.2, 0) is 4.79 Å². The predicted octanol–water partition coefficient (Wildman–Crippen LogP) is 3.54. The Labute approximate surface area is 117 Å². The molecule has 1 aromatic carbocycles. The van der Waals surface area contributed by atoms with Gasteiger partial charge in [-0.25, -0.2) is 13.6 Å². The van der Waals surface area contributed by atoms with Crippen molar-refractivity contribution in [3.63, 3.8) is 0 Å². The Hall–Kier alpha value is -1.91. The highest BCUT2D eigenvalue weighted by molar-refractivity contribution is 5.85. The van der Waals surface area contributed by atoms with E-state index in [1.807, 2.05) is 20.8 Å². The Bertz CT molecular complexity index is 504. The normalized spacial score (nSPS) is 12.9. The molecule has 1 N–H and O–H groups in total. The summed E-state index contributed by atoms with van der Waals surface area (Å²) in [7, 11) is 1.64. The highest BCUT2D eigenvalue weighted by Gasteiger charge is 2.20. The number of carbonyl (C=O) groups is 1. The first-order valence-electron chi connectivity index (χ1n) is 6.37. The molecule has 5 heteroatoms. The van der Waals surface area contributed by atoms with Crippen LogP contribution in [0.4, 0.5) is 14.5 Å². The fourth-order valence-corrected chi connectivity index (χ4v) is 1.84. The second-order valence-corrected chi connectivity index (χ2v) is 5.10. The van der Waals surface area contributed by atoms with Crippen LogP contribution >= 0.6 is 0 Å². The quantitative estimate of drug-likeness (QED) is 0.840. The van der Waals surface area contributed by atoms with Crippen molar-refractivity contribution in [2.45, 2.75) is 26.8 Å². The van der Waals surface area contributed by atoms with Gasteiger partial charge in [0.25, 0.3) is 0 Å². The maximum Gasteiger partial charge on any atom is 0.328 e. The zero-order chi connectivity index (χ0) is 15.4. The van der Waals surface area contributed by atoms with Crippen LogP contribution in [0.15, 0.2) is 18.2 Å². The van der Waals surface area contributed by atoms with Crippen molar-refractivity contribution in [1.29, 1.82) is 0 Å². The van der Waals surface area contributed by atoms with Crippen LogP contribution < -0.4 is 4.90 Å². The van der Waals surface area contributed by atoms with Crippen LogP contribution in [0.1, 0.15) is 26.3 Å². The average molecular weight is 283 g/mol. The van der Waals surface area contributed by atoms with E-state index in [0.29, 0.717) is 0 Å². The molecule has 0 saturated heterocycles. The third kappa shape index (κ3) is 3.79. The molecule has 0 aliphatic rings. The first-order chi connectivity index (χ1) is 9.23. The number of aliphatic carboxylic acids is 1. The minimum atomic E-state index is -1.17. The molecule has 0 amide bonds. The summed E-state index contributed by atoms with van der Waals surface area (Å²) in [5, 5.41) is 8.51. The second kappa shape index (κ2) is 6.50. The maximum atomic E-state index is 14.0. The summed E-state index contributed by atoms with van der Waals surface area (Å²) in [6.45, 7) is 5.84. The first kappa shape index (κ1) is 16.1. The summed E-state index contributed by atoms with van der Waals surface area (Å²) in [4.78, 5) is 12.0. The van der Waals surface area contributed by atoms with Gasteiger partial charge in [-0.3, -0.25) is 0 Å². The molecule has 1 aromatic rings. The van der Waals surface area contributed by atoms with E-state index >= 15 is 0 Å². The Morgan fingerprint density at radius 3 is 2.15 bits per heavy atom. The van der Waals surface area contributed by atoms with Crippen LogP contribution in [-0.4, -0.2) is 24.2 Å². The zero-order valence-electron chi connectivity index (χ0n) is 12.0. The number of carboxylic acids is 1. The number of halogens is 2. The summed E-state index contributed by atoms with van der Waals surface area (Å²) in [6.07, 6.45) is 2.00. The lowest BCUT2D eigenvalue weighted by molar-refractivity contribution is -0.131. The molecule has 1 atom stereocenters. The van der Waals surface area contributed by atoms with Gasteiger partial charge in [-0.1, -0.05) is 13.8 Å². The highest BCUT2D eigenvalue weighted by atomic mass is 19.1. The van der Waals surface area contributed by atoms with E-state index in [1.165, 1.54) is 0 Å². The van der Waals surface area contributed by atoms with Crippen LogP contribution in [0.25, 0.3) is 6.08 Å². The van der Waals surface area contributed by atoms with E-state index in [0.717, 1.165) is 24.3 Å². The molecular formula is C15H19F2NO2. The summed E-state index contributed by atoms with van der Waals surface area (Å²) >= 11 is 0. The molecule has 1 rings (SSSR count). The Balaban J connectivity index is 3.15. The standard InChI is InChI=1S/C15H19F2NO2/c1-9(2)10(3)18(4)15-12(16)7-11(8-13(15)17)5-6-14(19)20/h5-10H,1-4H3,(H,19,20). The Morgan fingerprint density at radius 1 is 1.25 bits per heavy atom. The van der Waals surface area contributed by atoms with Crippen molar-refractivity contribution in [2.75, 3.05) is 11.9 Å². The summed E-state index contributed by atoms with van der Waals surface area (Å²) < 4.78 is 28.1. The van der Waals surface area contributed by atoms with E-state index < -0.39 is 17.6 Å². The van der Waals surface area contributed by atoms with Gasteiger partial charge < -0.3 is 10.0 Å². The van der Waals surface area contributed by atoms with E-state index in [2.05, 4.69) is 0 Å². The molecule has 1 unspecified atom stereocenters. The largest absolute Gasteiger partial charge is 0.478 e. The van der Waals surface area contributed by atoms with Gasteiger partial charge >= 0.3 is 5.97 Å². The molecule has 0 heterocycles. The SMILES string of the molecule is CC(C)C(C)N(C)c1c(F)cc(C=CC(=O)O)cc1F. The molecule has 0 aliphatic heterocycles. The smallest absolute Gasteiger partial charge is 0.328 e. The minimum absolute atomic E-state index is 0.0283. The number of anilines is 1. The van der Waals surface area contributed by atoms with Crippen LogP contribution in [0, 0.1) is 17.6 Å². The van der Waals surface area contributed by atoms with E-state index in [-0.39, 0.29) is 23.2 Å². The molecule has 0 aliphatic carbocycles. The van der Waals surface area contributed by atoms with Gasteiger partial charge in [-0.05, 0) is 36.6 Å². The number of rotatable bonds is 5. The van der Waals surface area contributed by atoms with Gasteiger partial charge in [0.15, 0.2) is 0 Å². The number of hydrogen-bond donors (Lipinski definition) is 1. The molecular weight excluding hydrogens is 264 g/mol. The lowest BCUT2D eigenvalue weighted by atomic mass is 10.0. The molecule has 0 radical (unpaired) electrons. The summed E-state index contributed by atoms with van der Waals surface area (Å²) in [5.74, 6) is -2.33. The fourth-order valence-electron chi connectivity index (χ4n) is 1.84. The van der Waals surface area contributed by atoms with Crippen LogP contribution in [0.5, 0.6) is 0 Å². The van der Waals surface area contributed by atoms with Gasteiger partial charge in [0.2, 0.25) is 0 Å². The molecule has 0 saturated carbocycles. The molecule has 0 aromatic heterocycles. The molecule has 3 nitrogen and oxygen atoms in total. The Kier molecular flexibility index (Phi) is 5.25. The third-order valence-electron chi connectivity index (χ3n) is 3.39. The number of nitrogens with zero attached hydrogens (tertiary/aromatic N) is 1.